The number of likely N-dealkylation sites (tertiary alicyclic amines) is 1. The van der Waals surface area contributed by atoms with E-state index in [0.29, 0.717) is 5.41 Å². The van der Waals surface area contributed by atoms with E-state index in [1.165, 1.54) is 77.4 Å². The van der Waals surface area contributed by atoms with Crippen molar-refractivity contribution in [3.8, 4) is 0 Å². The number of rotatable bonds is 8. The molecule has 0 aromatic rings. The van der Waals surface area contributed by atoms with E-state index in [-0.39, 0.29) is 24.0 Å². The summed E-state index contributed by atoms with van der Waals surface area (Å²) in [6.07, 6.45) is 12.3. The third-order valence-corrected chi connectivity index (χ3v) is 5.43. The summed E-state index contributed by atoms with van der Waals surface area (Å²) in [5.41, 5.74) is 0.657. The Balaban J connectivity index is 0.00000264. The largest absolute Gasteiger partial charge is 0.356 e. The molecule has 4 nitrogen and oxygen atoms in total. The van der Waals surface area contributed by atoms with Gasteiger partial charge in [0.1, 0.15) is 0 Å². The Morgan fingerprint density at radius 1 is 1.09 bits per heavy atom. The monoisotopic (exact) mass is 436 g/mol. The highest BCUT2D eigenvalue weighted by Crippen LogP contribution is 2.47. The van der Waals surface area contributed by atoms with Crippen LogP contribution in [0.1, 0.15) is 57.8 Å². The molecule has 0 amide bonds. The maximum Gasteiger partial charge on any atom is 0.193 e. The summed E-state index contributed by atoms with van der Waals surface area (Å²) >= 11 is 0. The van der Waals surface area contributed by atoms with Crippen LogP contribution in [0.5, 0.6) is 0 Å². The van der Waals surface area contributed by atoms with Gasteiger partial charge >= 0.3 is 0 Å². The predicted octanol–water partition coefficient (Wildman–Crippen LogP) is 3.57. The molecule has 136 valence electrons. The van der Waals surface area contributed by atoms with Gasteiger partial charge in [0.25, 0.3) is 0 Å². The Morgan fingerprint density at radius 2 is 1.78 bits per heavy atom. The Labute approximate surface area is 160 Å². The molecule has 1 saturated carbocycles. The predicted molar refractivity (Wildman–Crippen MR) is 111 cm³/mol. The van der Waals surface area contributed by atoms with E-state index >= 15 is 0 Å². The Hall–Kier alpha value is -0.0400. The number of nitrogens with zero attached hydrogens (tertiary/aromatic N) is 3. The number of hydrogen-bond donors (Lipinski definition) is 1. The van der Waals surface area contributed by atoms with Crippen molar-refractivity contribution in [2.45, 2.75) is 57.8 Å². The van der Waals surface area contributed by atoms with Gasteiger partial charge in [0.05, 0.1) is 0 Å². The van der Waals surface area contributed by atoms with Crippen LogP contribution in [0, 0.1) is 5.41 Å². The van der Waals surface area contributed by atoms with Gasteiger partial charge in [0.2, 0.25) is 0 Å². The number of aliphatic imine (C=N–C) groups is 1. The molecule has 0 radical (unpaired) electrons. The third kappa shape index (κ3) is 6.77. The molecule has 1 saturated heterocycles. The van der Waals surface area contributed by atoms with Gasteiger partial charge in [-0.15, -0.1) is 24.0 Å². The standard InChI is InChI=1S/C18H36N4.HI/c1-19-17(22-15-12-18(16-22)10-9-11-18)20-13-7-5-4-6-8-14-21(2)3;/h4-16H2,1-3H3,(H,19,20);1H. The molecule has 1 aliphatic heterocycles. The molecule has 0 unspecified atom stereocenters. The van der Waals surface area contributed by atoms with E-state index in [4.69, 9.17) is 0 Å². The highest BCUT2D eigenvalue weighted by atomic mass is 127. The first-order chi connectivity index (χ1) is 10.7. The molecule has 2 fully saturated rings. The summed E-state index contributed by atoms with van der Waals surface area (Å²) in [7, 11) is 6.23. The van der Waals surface area contributed by atoms with Crippen molar-refractivity contribution < 1.29 is 0 Å². The topological polar surface area (TPSA) is 30.9 Å². The molecule has 0 aromatic carbocycles. The summed E-state index contributed by atoms with van der Waals surface area (Å²) < 4.78 is 0. The molecule has 0 atom stereocenters. The van der Waals surface area contributed by atoms with Crippen LogP contribution in [0.25, 0.3) is 0 Å². The van der Waals surface area contributed by atoms with Gasteiger partial charge in [-0.3, -0.25) is 4.99 Å². The molecule has 0 bridgehead atoms. The number of unbranched alkanes of at least 4 members (excludes halogenated alkanes) is 4. The highest BCUT2D eigenvalue weighted by Gasteiger charge is 2.43. The van der Waals surface area contributed by atoms with E-state index in [1.807, 2.05) is 7.05 Å². The van der Waals surface area contributed by atoms with Gasteiger partial charge < -0.3 is 15.1 Å². The van der Waals surface area contributed by atoms with Crippen LogP contribution in [0.2, 0.25) is 0 Å². The van der Waals surface area contributed by atoms with E-state index in [9.17, 15) is 0 Å². The minimum atomic E-state index is 0. The fraction of sp³-hybridized carbons (Fsp3) is 0.944. The fourth-order valence-electron chi connectivity index (χ4n) is 3.82. The lowest BCUT2D eigenvalue weighted by atomic mass is 9.68. The Bertz CT molecular complexity index is 353. The zero-order valence-corrected chi connectivity index (χ0v) is 17.8. The van der Waals surface area contributed by atoms with E-state index in [0.717, 1.165) is 12.5 Å². The molecule has 0 aromatic heterocycles. The van der Waals surface area contributed by atoms with Crippen LogP contribution in [-0.2, 0) is 0 Å². The molecule has 1 N–H and O–H groups in total. The number of guanidine groups is 1. The Morgan fingerprint density at radius 3 is 2.35 bits per heavy atom. The number of nitrogens with one attached hydrogen (secondary N) is 1. The molecule has 5 heteroatoms. The fourth-order valence-corrected chi connectivity index (χ4v) is 3.82. The van der Waals surface area contributed by atoms with Crippen molar-refractivity contribution in [3.63, 3.8) is 0 Å². The summed E-state index contributed by atoms with van der Waals surface area (Å²) in [6, 6.07) is 0. The molecule has 2 rings (SSSR count). The van der Waals surface area contributed by atoms with Gasteiger partial charge in [-0.2, -0.15) is 0 Å². The summed E-state index contributed by atoms with van der Waals surface area (Å²) in [4.78, 5) is 9.24. The number of halogens is 1. The van der Waals surface area contributed by atoms with Crippen LogP contribution in [0.4, 0.5) is 0 Å². The van der Waals surface area contributed by atoms with Crippen LogP contribution in [-0.4, -0.2) is 63.1 Å². The van der Waals surface area contributed by atoms with Crippen molar-refractivity contribution in [3.05, 3.63) is 0 Å². The van der Waals surface area contributed by atoms with Gasteiger partial charge in [0, 0.05) is 26.7 Å². The normalized spacial score (nSPS) is 19.8. The maximum absolute atomic E-state index is 4.49. The maximum atomic E-state index is 4.49. The van der Waals surface area contributed by atoms with Gasteiger partial charge in [0.15, 0.2) is 5.96 Å². The minimum Gasteiger partial charge on any atom is -0.356 e. The molecular weight excluding hydrogens is 399 g/mol. The van der Waals surface area contributed by atoms with Crippen molar-refractivity contribution in [2.75, 3.05) is 47.3 Å². The quantitative estimate of drug-likeness (QED) is 0.273. The molecule has 23 heavy (non-hydrogen) atoms. The summed E-state index contributed by atoms with van der Waals surface area (Å²) in [6.45, 7) is 4.73. The summed E-state index contributed by atoms with van der Waals surface area (Å²) in [5.74, 6) is 1.14. The molecule has 1 spiro atoms. The average Bonchev–Trinajstić information content (AvgIpc) is 2.91. The molecule has 1 aliphatic carbocycles. The second-order valence-electron chi connectivity index (χ2n) is 7.57. The van der Waals surface area contributed by atoms with Crippen LogP contribution in [0.3, 0.4) is 0 Å². The van der Waals surface area contributed by atoms with Crippen LogP contribution >= 0.6 is 24.0 Å². The SMILES string of the molecule is CN=C(NCCCCCCCN(C)C)N1CCC2(CCC2)C1.I. The molecular formula is C18H37IN4. The second-order valence-corrected chi connectivity index (χ2v) is 7.57. The number of hydrogen-bond acceptors (Lipinski definition) is 2. The first kappa shape index (κ1) is 21.0. The summed E-state index contributed by atoms with van der Waals surface area (Å²) in [5, 5.41) is 3.57. The third-order valence-electron chi connectivity index (χ3n) is 5.43. The van der Waals surface area contributed by atoms with Crippen LogP contribution < -0.4 is 5.32 Å². The van der Waals surface area contributed by atoms with E-state index in [2.05, 4.69) is 34.2 Å². The Kier molecular flexibility index (Phi) is 9.82. The highest BCUT2D eigenvalue weighted by molar-refractivity contribution is 14.0. The lowest BCUT2D eigenvalue weighted by Crippen LogP contribution is -2.42. The lowest BCUT2D eigenvalue weighted by molar-refractivity contribution is 0.151. The lowest BCUT2D eigenvalue weighted by Gasteiger charge is -2.38. The van der Waals surface area contributed by atoms with Gasteiger partial charge in [-0.05, 0) is 58.2 Å². The average molecular weight is 436 g/mol. The second kappa shape index (κ2) is 10.7. The first-order valence-electron chi connectivity index (χ1n) is 9.26. The van der Waals surface area contributed by atoms with E-state index in [1.54, 1.807) is 0 Å². The van der Waals surface area contributed by atoms with Crippen molar-refractivity contribution in [1.82, 2.24) is 15.1 Å². The zero-order chi connectivity index (χ0) is 15.8. The van der Waals surface area contributed by atoms with E-state index < -0.39 is 0 Å². The smallest absolute Gasteiger partial charge is 0.193 e. The van der Waals surface area contributed by atoms with Crippen LogP contribution in [0.15, 0.2) is 4.99 Å². The van der Waals surface area contributed by atoms with Crippen molar-refractivity contribution in [1.29, 1.82) is 0 Å². The van der Waals surface area contributed by atoms with Gasteiger partial charge in [-0.25, -0.2) is 0 Å². The minimum absolute atomic E-state index is 0. The molecule has 1 heterocycles. The van der Waals surface area contributed by atoms with Crippen molar-refractivity contribution in [2.24, 2.45) is 10.4 Å². The van der Waals surface area contributed by atoms with Crippen molar-refractivity contribution >= 4 is 29.9 Å². The first-order valence-corrected chi connectivity index (χ1v) is 9.26. The zero-order valence-electron chi connectivity index (χ0n) is 15.4. The molecule has 2 aliphatic rings. The van der Waals surface area contributed by atoms with Gasteiger partial charge in [-0.1, -0.05) is 25.7 Å².